The average molecular weight is 266 g/mol. The molecule has 1 aromatic rings. The Morgan fingerprint density at radius 3 is 3.17 bits per heavy atom. The number of benzene rings is 1. The minimum absolute atomic E-state index is 0.0663. The van der Waals surface area contributed by atoms with Gasteiger partial charge in [0.1, 0.15) is 18.1 Å². The molecule has 4 nitrogen and oxygen atoms in total. The highest BCUT2D eigenvalue weighted by atomic mass is 32.2. The molecule has 1 heterocycles. The number of carbonyl (C=O) groups is 2. The Kier molecular flexibility index (Phi) is 4.25. The lowest BCUT2D eigenvalue weighted by molar-refractivity contribution is -0.137. The third kappa shape index (κ3) is 3.04. The Morgan fingerprint density at radius 1 is 1.61 bits per heavy atom. The number of carbonyl (C=O) groups excluding carboxylic acids is 2. The zero-order valence-electron chi connectivity index (χ0n) is 10.0. The van der Waals surface area contributed by atoms with Gasteiger partial charge in [-0.25, -0.2) is 0 Å². The van der Waals surface area contributed by atoms with E-state index in [-0.39, 0.29) is 12.1 Å². The summed E-state index contributed by atoms with van der Waals surface area (Å²) in [6, 6.07) is 5.42. The van der Waals surface area contributed by atoms with E-state index in [9.17, 15) is 9.59 Å². The van der Waals surface area contributed by atoms with Gasteiger partial charge in [-0.05, 0) is 23.8 Å². The second-order valence-corrected chi connectivity index (χ2v) is 5.05. The van der Waals surface area contributed by atoms with Crippen LogP contribution in [0.15, 0.2) is 18.2 Å². The van der Waals surface area contributed by atoms with Gasteiger partial charge >= 0.3 is 5.97 Å². The molecule has 0 fully saturated rings. The number of hydrogen-bond acceptors (Lipinski definition) is 5. The van der Waals surface area contributed by atoms with E-state index in [0.29, 0.717) is 11.3 Å². The molecule has 1 aromatic carbocycles. The Hall–Kier alpha value is -1.49. The second-order valence-electron chi connectivity index (χ2n) is 4.02. The number of methoxy groups -OCH3 is 1. The van der Waals surface area contributed by atoms with Crippen LogP contribution in [-0.2, 0) is 16.0 Å². The van der Waals surface area contributed by atoms with Crippen LogP contribution in [0.2, 0.25) is 0 Å². The van der Waals surface area contributed by atoms with E-state index in [2.05, 4.69) is 4.74 Å². The fourth-order valence-electron chi connectivity index (χ4n) is 1.84. The summed E-state index contributed by atoms with van der Waals surface area (Å²) in [6.45, 7) is 0. The van der Waals surface area contributed by atoms with E-state index in [1.165, 1.54) is 18.9 Å². The zero-order valence-corrected chi connectivity index (χ0v) is 10.9. The minimum Gasteiger partial charge on any atom is -0.489 e. The van der Waals surface area contributed by atoms with E-state index in [4.69, 9.17) is 4.74 Å². The Bertz CT molecular complexity index is 458. The van der Waals surface area contributed by atoms with Crippen LogP contribution >= 0.6 is 11.8 Å². The smallest absolute Gasteiger partial charge is 0.315 e. The summed E-state index contributed by atoms with van der Waals surface area (Å²) in [5.41, 5.74) is 1.73. The first-order chi connectivity index (χ1) is 8.72. The van der Waals surface area contributed by atoms with Crippen molar-refractivity contribution in [2.24, 2.45) is 0 Å². The molecule has 0 N–H and O–H groups in total. The predicted molar refractivity (Wildman–Crippen MR) is 69.3 cm³/mol. The summed E-state index contributed by atoms with van der Waals surface area (Å²) in [5.74, 6) is 1.69. The van der Waals surface area contributed by atoms with E-state index in [1.54, 1.807) is 6.07 Å². The molecule has 0 radical (unpaired) electrons. The molecule has 1 aliphatic rings. The van der Waals surface area contributed by atoms with Crippen LogP contribution in [0.25, 0.3) is 0 Å². The molecular formula is C13H14O4S. The lowest BCUT2D eigenvalue weighted by atomic mass is 10.1. The highest BCUT2D eigenvalue weighted by molar-refractivity contribution is 7.99. The number of aldehydes is 1. The SMILES string of the molecule is COC(=O)CSCC1Cc2cc(C=O)ccc2O1. The number of rotatable bonds is 5. The monoisotopic (exact) mass is 266 g/mol. The summed E-state index contributed by atoms with van der Waals surface area (Å²) in [7, 11) is 1.38. The van der Waals surface area contributed by atoms with Crippen LogP contribution in [0.1, 0.15) is 15.9 Å². The van der Waals surface area contributed by atoms with Gasteiger partial charge in [0, 0.05) is 17.7 Å². The molecule has 0 amide bonds. The van der Waals surface area contributed by atoms with E-state index in [1.807, 2.05) is 12.1 Å². The summed E-state index contributed by atoms with van der Waals surface area (Å²) in [4.78, 5) is 21.6. The van der Waals surface area contributed by atoms with Crippen molar-refractivity contribution in [1.82, 2.24) is 0 Å². The summed E-state index contributed by atoms with van der Waals surface area (Å²) in [6.07, 6.45) is 1.68. The van der Waals surface area contributed by atoms with Crippen molar-refractivity contribution < 1.29 is 19.1 Å². The fourth-order valence-corrected chi connectivity index (χ4v) is 2.69. The van der Waals surface area contributed by atoms with Crippen molar-refractivity contribution in [1.29, 1.82) is 0 Å². The van der Waals surface area contributed by atoms with Gasteiger partial charge in [-0.15, -0.1) is 11.8 Å². The first-order valence-corrected chi connectivity index (χ1v) is 6.77. The van der Waals surface area contributed by atoms with Gasteiger partial charge in [0.2, 0.25) is 0 Å². The van der Waals surface area contributed by atoms with Crippen LogP contribution in [0.3, 0.4) is 0 Å². The van der Waals surface area contributed by atoms with Crippen LogP contribution in [0, 0.1) is 0 Å². The van der Waals surface area contributed by atoms with Gasteiger partial charge in [0.25, 0.3) is 0 Å². The highest BCUT2D eigenvalue weighted by Crippen LogP contribution is 2.30. The first-order valence-electron chi connectivity index (χ1n) is 5.62. The van der Waals surface area contributed by atoms with Gasteiger partial charge in [-0.3, -0.25) is 9.59 Å². The number of fused-ring (bicyclic) bond motifs is 1. The standard InChI is InChI=1S/C13H14O4S/c1-16-13(15)8-18-7-11-5-10-4-9(6-14)2-3-12(10)17-11/h2-4,6,11H,5,7-8H2,1H3. The fraction of sp³-hybridized carbons (Fsp3) is 0.385. The maximum Gasteiger partial charge on any atom is 0.315 e. The predicted octanol–water partition coefficient (Wildman–Crippen LogP) is 1.71. The Balaban J connectivity index is 1.86. The Labute approximate surface area is 110 Å². The van der Waals surface area contributed by atoms with Crippen LogP contribution < -0.4 is 4.74 Å². The molecule has 2 rings (SSSR count). The topological polar surface area (TPSA) is 52.6 Å². The quantitative estimate of drug-likeness (QED) is 0.600. The highest BCUT2D eigenvalue weighted by Gasteiger charge is 2.23. The van der Waals surface area contributed by atoms with Crippen molar-refractivity contribution >= 4 is 24.0 Å². The van der Waals surface area contributed by atoms with E-state index >= 15 is 0 Å². The molecule has 5 heteroatoms. The number of ether oxygens (including phenoxy) is 2. The summed E-state index contributed by atoms with van der Waals surface area (Å²) >= 11 is 1.49. The second kappa shape index (κ2) is 5.91. The number of hydrogen-bond donors (Lipinski definition) is 0. The van der Waals surface area contributed by atoms with Crippen LogP contribution in [0.4, 0.5) is 0 Å². The summed E-state index contributed by atoms with van der Waals surface area (Å²) < 4.78 is 10.3. The van der Waals surface area contributed by atoms with Crippen molar-refractivity contribution in [3.8, 4) is 5.75 Å². The minimum atomic E-state index is -0.223. The normalized spacial score (nSPS) is 16.8. The largest absolute Gasteiger partial charge is 0.489 e. The van der Waals surface area contributed by atoms with Gasteiger partial charge in [0.05, 0.1) is 12.9 Å². The molecule has 96 valence electrons. The van der Waals surface area contributed by atoms with Gasteiger partial charge < -0.3 is 9.47 Å². The molecule has 0 saturated heterocycles. The molecular weight excluding hydrogens is 252 g/mol. The maximum absolute atomic E-state index is 11.0. The van der Waals surface area contributed by atoms with Crippen molar-refractivity contribution in [2.45, 2.75) is 12.5 Å². The third-order valence-electron chi connectivity index (χ3n) is 2.71. The molecule has 0 aromatic heterocycles. The Morgan fingerprint density at radius 2 is 2.44 bits per heavy atom. The third-order valence-corrected chi connectivity index (χ3v) is 3.76. The molecule has 0 bridgehead atoms. The average Bonchev–Trinajstić information content (AvgIpc) is 2.79. The van der Waals surface area contributed by atoms with Crippen LogP contribution in [0.5, 0.6) is 5.75 Å². The van der Waals surface area contributed by atoms with Crippen molar-refractivity contribution in [3.05, 3.63) is 29.3 Å². The number of thioether (sulfide) groups is 1. The van der Waals surface area contributed by atoms with Gasteiger partial charge in [-0.1, -0.05) is 0 Å². The molecule has 1 atom stereocenters. The van der Waals surface area contributed by atoms with Crippen molar-refractivity contribution in [3.63, 3.8) is 0 Å². The lowest BCUT2D eigenvalue weighted by Crippen LogP contribution is -2.17. The lowest BCUT2D eigenvalue weighted by Gasteiger charge is -2.09. The molecule has 18 heavy (non-hydrogen) atoms. The van der Waals surface area contributed by atoms with Crippen molar-refractivity contribution in [2.75, 3.05) is 18.6 Å². The van der Waals surface area contributed by atoms with Crippen LogP contribution in [-0.4, -0.2) is 37.0 Å². The van der Waals surface area contributed by atoms with Gasteiger partial charge in [0.15, 0.2) is 0 Å². The van der Waals surface area contributed by atoms with Gasteiger partial charge in [-0.2, -0.15) is 0 Å². The molecule has 1 aliphatic heterocycles. The zero-order chi connectivity index (χ0) is 13.0. The molecule has 0 saturated carbocycles. The molecule has 1 unspecified atom stereocenters. The summed E-state index contributed by atoms with van der Waals surface area (Å²) in [5, 5.41) is 0. The van der Waals surface area contributed by atoms with E-state index in [0.717, 1.165) is 29.8 Å². The molecule has 0 spiro atoms. The first kappa shape index (κ1) is 13.0. The molecule has 0 aliphatic carbocycles. The number of esters is 1. The van der Waals surface area contributed by atoms with E-state index < -0.39 is 0 Å². The maximum atomic E-state index is 11.0.